The largest absolute Gasteiger partial charge is 0.368 e. The zero-order valence-corrected chi connectivity index (χ0v) is 18.3. The molecule has 0 aliphatic carbocycles. The van der Waals surface area contributed by atoms with Gasteiger partial charge in [-0.05, 0) is 31.4 Å². The van der Waals surface area contributed by atoms with Crippen molar-refractivity contribution < 1.29 is 4.79 Å². The summed E-state index contributed by atoms with van der Waals surface area (Å²) in [5.74, 6) is 1.33. The number of carbonyl (C=O) groups is 1. The van der Waals surface area contributed by atoms with Crippen LogP contribution in [0.4, 0.5) is 11.5 Å². The van der Waals surface area contributed by atoms with E-state index in [1.807, 2.05) is 11.0 Å². The van der Waals surface area contributed by atoms with Gasteiger partial charge in [0.15, 0.2) is 5.16 Å². The molecule has 154 valence electrons. The normalized spacial score (nSPS) is 17.1. The first-order valence-corrected chi connectivity index (χ1v) is 11.5. The molecule has 2 aliphatic heterocycles. The molecule has 29 heavy (non-hydrogen) atoms. The maximum absolute atomic E-state index is 12.7. The second kappa shape index (κ2) is 9.22. The van der Waals surface area contributed by atoms with E-state index in [1.165, 1.54) is 35.9 Å². The molecule has 0 unspecified atom stereocenters. The first-order chi connectivity index (χ1) is 14.1. The van der Waals surface area contributed by atoms with E-state index in [-0.39, 0.29) is 5.91 Å². The Kier molecular flexibility index (Phi) is 6.45. The third-order valence-electron chi connectivity index (χ3n) is 5.50. The fourth-order valence-electron chi connectivity index (χ4n) is 3.89. The molecular formula is C21H26ClN5OS. The highest BCUT2D eigenvalue weighted by atomic mass is 35.5. The van der Waals surface area contributed by atoms with Gasteiger partial charge in [0.05, 0.1) is 5.75 Å². The number of aromatic nitrogens is 2. The Morgan fingerprint density at radius 2 is 1.76 bits per heavy atom. The number of halogens is 1. The lowest BCUT2D eigenvalue weighted by atomic mass is 10.1. The lowest BCUT2D eigenvalue weighted by molar-refractivity contribution is -0.128. The van der Waals surface area contributed by atoms with Gasteiger partial charge in [0, 0.05) is 51.0 Å². The summed E-state index contributed by atoms with van der Waals surface area (Å²) < 4.78 is 0. The minimum atomic E-state index is 0.130. The van der Waals surface area contributed by atoms with E-state index in [1.54, 1.807) is 0 Å². The molecule has 3 heterocycles. The summed E-state index contributed by atoms with van der Waals surface area (Å²) in [5, 5.41) is 1.01. The SMILES string of the molecule is Cc1ccccc1N1CCN(C(=O)CSc2nc(Cl)cc(N3CCCC3)n2)CC1. The van der Waals surface area contributed by atoms with Gasteiger partial charge in [0.2, 0.25) is 5.91 Å². The van der Waals surface area contributed by atoms with Crippen LogP contribution in [0.2, 0.25) is 5.15 Å². The second-order valence-corrected chi connectivity index (χ2v) is 8.80. The molecule has 1 amide bonds. The molecular weight excluding hydrogens is 406 g/mol. The first kappa shape index (κ1) is 20.3. The molecule has 0 bridgehead atoms. The van der Waals surface area contributed by atoms with E-state index < -0.39 is 0 Å². The first-order valence-electron chi connectivity index (χ1n) is 10.1. The Morgan fingerprint density at radius 1 is 1.03 bits per heavy atom. The number of anilines is 2. The van der Waals surface area contributed by atoms with Gasteiger partial charge in [-0.25, -0.2) is 9.97 Å². The third-order valence-corrected chi connectivity index (χ3v) is 6.53. The van der Waals surface area contributed by atoms with Gasteiger partial charge in [0.25, 0.3) is 0 Å². The number of amides is 1. The van der Waals surface area contributed by atoms with Gasteiger partial charge in [-0.2, -0.15) is 0 Å². The summed E-state index contributed by atoms with van der Waals surface area (Å²) in [6.07, 6.45) is 2.36. The van der Waals surface area contributed by atoms with Crippen molar-refractivity contribution in [3.05, 3.63) is 41.0 Å². The topological polar surface area (TPSA) is 52.6 Å². The minimum absolute atomic E-state index is 0.130. The van der Waals surface area contributed by atoms with Crippen LogP contribution in [0, 0.1) is 6.92 Å². The van der Waals surface area contributed by atoms with E-state index in [2.05, 4.69) is 51.0 Å². The Morgan fingerprint density at radius 3 is 2.48 bits per heavy atom. The van der Waals surface area contributed by atoms with Crippen LogP contribution in [-0.4, -0.2) is 65.8 Å². The Bertz CT molecular complexity index is 866. The molecule has 0 atom stereocenters. The molecule has 0 spiro atoms. The average molecular weight is 432 g/mol. The smallest absolute Gasteiger partial charge is 0.233 e. The number of piperazine rings is 1. The maximum atomic E-state index is 12.7. The predicted molar refractivity (Wildman–Crippen MR) is 119 cm³/mol. The maximum Gasteiger partial charge on any atom is 0.233 e. The highest BCUT2D eigenvalue weighted by molar-refractivity contribution is 7.99. The van der Waals surface area contributed by atoms with Crippen LogP contribution >= 0.6 is 23.4 Å². The Balaban J connectivity index is 1.31. The van der Waals surface area contributed by atoms with E-state index in [4.69, 9.17) is 11.6 Å². The van der Waals surface area contributed by atoms with Crippen molar-refractivity contribution in [3.63, 3.8) is 0 Å². The van der Waals surface area contributed by atoms with Crippen molar-refractivity contribution in [2.24, 2.45) is 0 Å². The quantitative estimate of drug-likeness (QED) is 0.410. The number of benzene rings is 1. The fraction of sp³-hybridized carbons (Fsp3) is 0.476. The predicted octanol–water partition coefficient (Wildman–Crippen LogP) is 3.48. The molecule has 2 fully saturated rings. The highest BCUT2D eigenvalue weighted by Crippen LogP contribution is 2.25. The number of nitrogens with zero attached hydrogens (tertiary/aromatic N) is 5. The summed E-state index contributed by atoms with van der Waals surface area (Å²) in [6.45, 7) is 7.32. The highest BCUT2D eigenvalue weighted by Gasteiger charge is 2.23. The van der Waals surface area contributed by atoms with Crippen LogP contribution in [0.15, 0.2) is 35.5 Å². The van der Waals surface area contributed by atoms with Gasteiger partial charge in [-0.1, -0.05) is 41.6 Å². The molecule has 2 aromatic rings. The third kappa shape index (κ3) is 4.95. The van der Waals surface area contributed by atoms with Crippen LogP contribution < -0.4 is 9.80 Å². The molecule has 2 aliphatic rings. The van der Waals surface area contributed by atoms with Crippen molar-refractivity contribution in [1.82, 2.24) is 14.9 Å². The van der Waals surface area contributed by atoms with Crippen molar-refractivity contribution in [3.8, 4) is 0 Å². The lowest BCUT2D eigenvalue weighted by Gasteiger charge is -2.36. The molecule has 1 aromatic carbocycles. The van der Waals surface area contributed by atoms with Crippen molar-refractivity contribution in [2.45, 2.75) is 24.9 Å². The summed E-state index contributed by atoms with van der Waals surface area (Å²) in [6, 6.07) is 10.2. The lowest BCUT2D eigenvalue weighted by Crippen LogP contribution is -2.49. The summed E-state index contributed by atoms with van der Waals surface area (Å²) >= 11 is 7.56. The van der Waals surface area contributed by atoms with Gasteiger partial charge >= 0.3 is 0 Å². The molecule has 0 radical (unpaired) electrons. The van der Waals surface area contributed by atoms with E-state index in [0.29, 0.717) is 16.1 Å². The standard InChI is InChI=1S/C21H26ClN5OS/c1-16-6-2-3-7-17(16)25-10-12-27(13-11-25)20(28)15-29-21-23-18(22)14-19(24-21)26-8-4-5-9-26/h2-3,6-7,14H,4-5,8-13,15H2,1H3. The molecule has 2 saturated heterocycles. The number of thioether (sulfide) groups is 1. The summed E-state index contributed by atoms with van der Waals surface area (Å²) in [4.78, 5) is 28.1. The number of hydrogen-bond acceptors (Lipinski definition) is 6. The van der Waals surface area contributed by atoms with Gasteiger partial charge < -0.3 is 14.7 Å². The number of carbonyl (C=O) groups excluding carboxylic acids is 1. The van der Waals surface area contributed by atoms with Crippen LogP contribution in [0.3, 0.4) is 0 Å². The molecule has 6 nitrogen and oxygen atoms in total. The van der Waals surface area contributed by atoms with Crippen LogP contribution in [0.25, 0.3) is 0 Å². The summed E-state index contributed by atoms with van der Waals surface area (Å²) in [5.41, 5.74) is 2.53. The number of aryl methyl sites for hydroxylation is 1. The zero-order valence-electron chi connectivity index (χ0n) is 16.7. The average Bonchev–Trinajstić information content (AvgIpc) is 3.27. The van der Waals surface area contributed by atoms with Gasteiger partial charge in [0.1, 0.15) is 11.0 Å². The van der Waals surface area contributed by atoms with Gasteiger partial charge in [-0.15, -0.1) is 0 Å². The molecule has 8 heteroatoms. The van der Waals surface area contributed by atoms with E-state index in [9.17, 15) is 4.79 Å². The van der Waals surface area contributed by atoms with Crippen LogP contribution in [-0.2, 0) is 4.79 Å². The molecule has 4 rings (SSSR count). The fourth-order valence-corrected chi connectivity index (χ4v) is 4.87. The van der Waals surface area contributed by atoms with E-state index >= 15 is 0 Å². The second-order valence-electron chi connectivity index (χ2n) is 7.47. The van der Waals surface area contributed by atoms with Gasteiger partial charge in [-0.3, -0.25) is 4.79 Å². The number of para-hydroxylation sites is 1. The van der Waals surface area contributed by atoms with Crippen molar-refractivity contribution in [2.75, 3.05) is 54.8 Å². The van der Waals surface area contributed by atoms with Crippen LogP contribution in [0.1, 0.15) is 18.4 Å². The van der Waals surface area contributed by atoms with E-state index in [0.717, 1.165) is 45.1 Å². The molecule has 0 saturated carbocycles. The summed E-state index contributed by atoms with van der Waals surface area (Å²) in [7, 11) is 0. The van der Waals surface area contributed by atoms with Crippen LogP contribution in [0.5, 0.6) is 0 Å². The molecule has 0 N–H and O–H groups in total. The Hall–Kier alpha value is -1.99. The van der Waals surface area contributed by atoms with Crippen molar-refractivity contribution in [1.29, 1.82) is 0 Å². The number of rotatable bonds is 5. The molecule has 1 aromatic heterocycles. The number of hydrogen-bond donors (Lipinski definition) is 0. The van der Waals surface area contributed by atoms with Crippen molar-refractivity contribution >= 4 is 40.8 Å². The monoisotopic (exact) mass is 431 g/mol. The minimum Gasteiger partial charge on any atom is -0.368 e. The zero-order chi connectivity index (χ0) is 20.2. The Labute approximate surface area is 181 Å².